The maximum atomic E-state index is 12.8. The molecule has 5 nitrogen and oxygen atoms in total. The van der Waals surface area contributed by atoms with Crippen LogP contribution in [0.5, 0.6) is 5.75 Å². The lowest BCUT2D eigenvalue weighted by atomic mass is 10.1. The van der Waals surface area contributed by atoms with Gasteiger partial charge in [0.1, 0.15) is 17.6 Å². The topological polar surface area (TPSA) is 65.7 Å². The molecule has 0 saturated carbocycles. The molecule has 0 aliphatic rings. The summed E-state index contributed by atoms with van der Waals surface area (Å²) in [5.74, 6) is 0.0111. The smallest absolute Gasteiger partial charge is 0.347 e. The van der Waals surface area contributed by atoms with Gasteiger partial charge in [-0.2, -0.15) is 0 Å². The number of carbonyl (C=O) groups excluding carboxylic acids is 1. The molecule has 0 N–H and O–H groups in total. The third kappa shape index (κ3) is 4.19. The largest absolute Gasteiger partial charge is 0.479 e. The number of hydrogen-bond acceptors (Lipinski definition) is 5. The number of esters is 1. The zero-order valence-electron chi connectivity index (χ0n) is 15.6. The standard InChI is InChI=1S/C22H22O5/c1-4-14(2)26-22(24)15(3)27-17-10-11-18-20(12-17)25-13-19(21(18)23)16-8-6-5-7-9-16/h5-15H,4H2,1-3H3. The Bertz CT molecular complexity index is 991. The Kier molecular flexibility index (Phi) is 5.60. The number of fused-ring (bicyclic) bond motifs is 1. The highest BCUT2D eigenvalue weighted by Gasteiger charge is 2.19. The fourth-order valence-corrected chi connectivity index (χ4v) is 2.63. The third-order valence-electron chi connectivity index (χ3n) is 4.37. The minimum absolute atomic E-state index is 0.113. The van der Waals surface area contributed by atoms with E-state index in [4.69, 9.17) is 13.9 Å². The predicted molar refractivity (Wildman–Crippen MR) is 104 cm³/mol. The van der Waals surface area contributed by atoms with Gasteiger partial charge < -0.3 is 13.9 Å². The van der Waals surface area contributed by atoms with Gasteiger partial charge in [0.05, 0.1) is 17.1 Å². The Morgan fingerprint density at radius 2 is 1.85 bits per heavy atom. The maximum absolute atomic E-state index is 12.8. The summed E-state index contributed by atoms with van der Waals surface area (Å²) in [5.41, 5.74) is 1.59. The Morgan fingerprint density at radius 1 is 1.11 bits per heavy atom. The normalized spacial score (nSPS) is 13.1. The van der Waals surface area contributed by atoms with Gasteiger partial charge in [-0.15, -0.1) is 0 Å². The van der Waals surface area contributed by atoms with E-state index in [0.29, 0.717) is 22.3 Å². The molecule has 0 saturated heterocycles. The van der Waals surface area contributed by atoms with Crippen LogP contribution in [0.15, 0.2) is 64.0 Å². The van der Waals surface area contributed by atoms with Crippen molar-refractivity contribution in [3.63, 3.8) is 0 Å². The molecule has 0 spiro atoms. The van der Waals surface area contributed by atoms with Gasteiger partial charge in [0.25, 0.3) is 0 Å². The number of rotatable bonds is 6. The minimum Gasteiger partial charge on any atom is -0.479 e. The van der Waals surface area contributed by atoms with Crippen LogP contribution >= 0.6 is 0 Å². The van der Waals surface area contributed by atoms with Gasteiger partial charge >= 0.3 is 5.97 Å². The molecule has 0 aliphatic heterocycles. The molecule has 27 heavy (non-hydrogen) atoms. The summed E-state index contributed by atoms with van der Waals surface area (Å²) < 4.78 is 16.6. The molecule has 0 aliphatic carbocycles. The zero-order valence-corrected chi connectivity index (χ0v) is 15.6. The van der Waals surface area contributed by atoms with Crippen molar-refractivity contribution in [2.24, 2.45) is 0 Å². The number of benzene rings is 2. The second-order valence-electron chi connectivity index (χ2n) is 6.42. The van der Waals surface area contributed by atoms with E-state index in [1.807, 2.05) is 44.2 Å². The fourth-order valence-electron chi connectivity index (χ4n) is 2.63. The van der Waals surface area contributed by atoms with Crippen molar-refractivity contribution in [3.05, 3.63) is 65.0 Å². The Labute approximate surface area is 157 Å². The lowest BCUT2D eigenvalue weighted by Crippen LogP contribution is -2.29. The molecule has 2 atom stereocenters. The highest BCUT2D eigenvalue weighted by atomic mass is 16.6. The molecule has 0 amide bonds. The second-order valence-corrected chi connectivity index (χ2v) is 6.42. The molecule has 0 radical (unpaired) electrons. The summed E-state index contributed by atoms with van der Waals surface area (Å²) in [4.78, 5) is 24.8. The van der Waals surface area contributed by atoms with E-state index in [1.165, 1.54) is 6.26 Å². The number of carbonyl (C=O) groups is 1. The molecular weight excluding hydrogens is 344 g/mol. The minimum atomic E-state index is -0.758. The fraction of sp³-hybridized carbons (Fsp3) is 0.273. The van der Waals surface area contributed by atoms with Crippen molar-refractivity contribution in [2.45, 2.75) is 39.4 Å². The number of hydrogen-bond donors (Lipinski definition) is 0. The monoisotopic (exact) mass is 366 g/mol. The first-order valence-electron chi connectivity index (χ1n) is 8.97. The van der Waals surface area contributed by atoms with Gasteiger partial charge in [0.15, 0.2) is 11.5 Å². The van der Waals surface area contributed by atoms with E-state index in [1.54, 1.807) is 25.1 Å². The molecule has 140 valence electrons. The van der Waals surface area contributed by atoms with Crippen LogP contribution in [0.2, 0.25) is 0 Å². The van der Waals surface area contributed by atoms with Crippen LogP contribution < -0.4 is 10.2 Å². The average molecular weight is 366 g/mol. The Hall–Kier alpha value is -3.08. The second kappa shape index (κ2) is 8.08. The molecule has 2 unspecified atom stereocenters. The van der Waals surface area contributed by atoms with Crippen LogP contribution in [0, 0.1) is 0 Å². The lowest BCUT2D eigenvalue weighted by Gasteiger charge is -2.17. The molecule has 2 aromatic carbocycles. The molecule has 3 rings (SSSR count). The lowest BCUT2D eigenvalue weighted by molar-refractivity contribution is -0.155. The molecule has 0 bridgehead atoms. The molecular formula is C22H22O5. The molecule has 3 aromatic rings. The summed E-state index contributed by atoms with van der Waals surface area (Å²) in [5, 5.41) is 0.457. The van der Waals surface area contributed by atoms with Crippen LogP contribution in [0.25, 0.3) is 22.1 Å². The van der Waals surface area contributed by atoms with Crippen LogP contribution in [0.1, 0.15) is 27.2 Å². The molecule has 5 heteroatoms. The first-order chi connectivity index (χ1) is 13.0. The predicted octanol–water partition coefficient (Wildman–Crippen LogP) is 4.57. The van der Waals surface area contributed by atoms with E-state index in [9.17, 15) is 9.59 Å². The summed E-state index contributed by atoms with van der Waals surface area (Å²) in [6, 6.07) is 14.3. The van der Waals surface area contributed by atoms with Crippen LogP contribution in [-0.2, 0) is 9.53 Å². The summed E-state index contributed by atoms with van der Waals surface area (Å²) in [7, 11) is 0. The summed E-state index contributed by atoms with van der Waals surface area (Å²) in [6.07, 6.45) is 1.27. The highest BCUT2D eigenvalue weighted by molar-refractivity contribution is 5.82. The van der Waals surface area contributed by atoms with Gasteiger partial charge in [-0.25, -0.2) is 4.79 Å². The number of ether oxygens (including phenoxy) is 2. The average Bonchev–Trinajstić information content (AvgIpc) is 2.68. The van der Waals surface area contributed by atoms with E-state index in [0.717, 1.165) is 12.0 Å². The van der Waals surface area contributed by atoms with Crippen molar-refractivity contribution in [1.82, 2.24) is 0 Å². The molecule has 0 fully saturated rings. The first kappa shape index (κ1) is 18.7. The van der Waals surface area contributed by atoms with E-state index < -0.39 is 12.1 Å². The third-order valence-corrected chi connectivity index (χ3v) is 4.37. The van der Waals surface area contributed by atoms with Crippen molar-refractivity contribution < 1.29 is 18.7 Å². The zero-order chi connectivity index (χ0) is 19.4. The summed E-state index contributed by atoms with van der Waals surface area (Å²) in [6.45, 7) is 5.40. The van der Waals surface area contributed by atoms with Gasteiger partial charge in [-0.3, -0.25) is 4.79 Å². The quantitative estimate of drug-likeness (QED) is 0.598. The summed E-state index contributed by atoms with van der Waals surface area (Å²) >= 11 is 0. The van der Waals surface area contributed by atoms with Crippen molar-refractivity contribution >= 4 is 16.9 Å². The van der Waals surface area contributed by atoms with Crippen LogP contribution in [0.4, 0.5) is 0 Å². The maximum Gasteiger partial charge on any atom is 0.347 e. The Balaban J connectivity index is 1.84. The highest BCUT2D eigenvalue weighted by Crippen LogP contribution is 2.23. The first-order valence-corrected chi connectivity index (χ1v) is 8.97. The van der Waals surface area contributed by atoms with E-state index in [2.05, 4.69) is 0 Å². The SMILES string of the molecule is CCC(C)OC(=O)C(C)Oc1ccc2c(=O)c(-c3ccccc3)coc2c1. The van der Waals surface area contributed by atoms with Gasteiger partial charge in [0, 0.05) is 6.07 Å². The van der Waals surface area contributed by atoms with Crippen molar-refractivity contribution in [3.8, 4) is 16.9 Å². The molecule has 1 heterocycles. The van der Waals surface area contributed by atoms with Crippen molar-refractivity contribution in [1.29, 1.82) is 0 Å². The van der Waals surface area contributed by atoms with Crippen molar-refractivity contribution in [2.75, 3.05) is 0 Å². The van der Waals surface area contributed by atoms with E-state index in [-0.39, 0.29) is 11.5 Å². The Morgan fingerprint density at radius 3 is 2.56 bits per heavy atom. The van der Waals surface area contributed by atoms with Gasteiger partial charge in [-0.1, -0.05) is 37.3 Å². The molecule has 1 aromatic heterocycles. The van der Waals surface area contributed by atoms with Gasteiger partial charge in [-0.05, 0) is 38.0 Å². The van der Waals surface area contributed by atoms with Crippen LogP contribution in [0.3, 0.4) is 0 Å². The van der Waals surface area contributed by atoms with Gasteiger partial charge in [0.2, 0.25) is 0 Å². The van der Waals surface area contributed by atoms with Crippen LogP contribution in [-0.4, -0.2) is 18.2 Å². The van der Waals surface area contributed by atoms with E-state index >= 15 is 0 Å².